The third-order valence-corrected chi connectivity index (χ3v) is 9.98. The summed E-state index contributed by atoms with van der Waals surface area (Å²) in [7, 11) is 0. The van der Waals surface area contributed by atoms with Crippen molar-refractivity contribution >= 4 is 82.0 Å². The van der Waals surface area contributed by atoms with Crippen molar-refractivity contribution in [1.82, 2.24) is 4.98 Å². The number of hydrogen-bond acceptors (Lipinski definition) is 4. The van der Waals surface area contributed by atoms with E-state index in [0.717, 1.165) is 5.52 Å². The number of fused-ring (bicyclic) bond motifs is 4. The summed E-state index contributed by atoms with van der Waals surface area (Å²) in [6.45, 7) is 11.1. The van der Waals surface area contributed by atoms with E-state index in [1.165, 1.54) is 50.9 Å². The zero-order valence-electron chi connectivity index (χ0n) is 22.3. The Bertz CT molecular complexity index is 1830. The first-order chi connectivity index (χ1) is 17.4. The fraction of sp³-hybridized carbons (Fsp3) is 0.250. The molecule has 0 aliphatic heterocycles. The number of aliphatic hydroxyl groups excluding tert-OH is 1. The number of aliphatic hydroxyl groups is 1. The summed E-state index contributed by atoms with van der Waals surface area (Å²) in [5.41, 5.74) is 0.357. The van der Waals surface area contributed by atoms with Crippen LogP contribution in [0.15, 0.2) is 72.6 Å². The van der Waals surface area contributed by atoms with Crippen LogP contribution in [0.1, 0.15) is 41.5 Å². The van der Waals surface area contributed by atoms with E-state index in [-0.39, 0.29) is 51.6 Å². The molecule has 3 nitrogen and oxygen atoms in total. The van der Waals surface area contributed by atoms with Crippen molar-refractivity contribution < 1.29 is 30.0 Å². The molecule has 3 heterocycles. The molecule has 38 heavy (non-hydrogen) atoms. The summed E-state index contributed by atoms with van der Waals surface area (Å²) in [6, 6.07) is 23.1. The van der Waals surface area contributed by atoms with Gasteiger partial charge < -0.3 is 5.11 Å². The molecule has 6 aromatic rings. The van der Waals surface area contributed by atoms with Gasteiger partial charge in [0, 0.05) is 37.0 Å². The average Bonchev–Trinajstić information content (AvgIpc) is 3.15. The van der Waals surface area contributed by atoms with Gasteiger partial charge in [-0.15, -0.1) is 0 Å². The van der Waals surface area contributed by atoms with Crippen LogP contribution in [0.5, 0.6) is 0 Å². The molecule has 0 unspecified atom stereocenters. The number of carbonyl (C=O) groups is 1. The maximum absolute atomic E-state index is 11.5. The van der Waals surface area contributed by atoms with Crippen molar-refractivity contribution in [3.05, 3.63) is 78.7 Å². The van der Waals surface area contributed by atoms with Gasteiger partial charge in [-0.2, -0.15) is 0 Å². The van der Waals surface area contributed by atoms with Gasteiger partial charge in [0.2, 0.25) is 0 Å². The van der Waals surface area contributed by atoms with Gasteiger partial charge in [-0.05, 0) is 0 Å². The van der Waals surface area contributed by atoms with Crippen molar-refractivity contribution in [2.24, 2.45) is 10.8 Å². The van der Waals surface area contributed by atoms with Gasteiger partial charge in [0.05, 0.1) is 0 Å². The molecule has 1 radical (unpaired) electrons. The van der Waals surface area contributed by atoms with Gasteiger partial charge in [0.1, 0.15) is 5.76 Å². The van der Waals surface area contributed by atoms with Crippen molar-refractivity contribution in [1.29, 1.82) is 0 Å². The van der Waals surface area contributed by atoms with Crippen molar-refractivity contribution in [3.63, 3.8) is 0 Å². The Kier molecular flexibility index (Phi) is 8.06. The van der Waals surface area contributed by atoms with E-state index in [1.807, 2.05) is 65.1 Å². The molecule has 0 atom stereocenters. The molecule has 1 N–H and O–H groups in total. The van der Waals surface area contributed by atoms with Crippen LogP contribution in [0.2, 0.25) is 0 Å². The van der Waals surface area contributed by atoms with Crippen LogP contribution in [-0.2, 0) is 24.9 Å². The molecule has 6 heteroatoms. The number of carbonyl (C=O) groups excluding carboxylic acids is 1. The Balaban J connectivity index is 0.000000209. The van der Waals surface area contributed by atoms with Crippen molar-refractivity contribution in [3.8, 4) is 0 Å². The molecule has 3 aromatic carbocycles. The van der Waals surface area contributed by atoms with Crippen LogP contribution in [0.3, 0.4) is 0 Å². The van der Waals surface area contributed by atoms with E-state index < -0.39 is 5.41 Å². The number of ketones is 1. The Hall–Kier alpha value is -2.33. The summed E-state index contributed by atoms with van der Waals surface area (Å²) < 4.78 is 5.56. The van der Waals surface area contributed by atoms with Gasteiger partial charge in [0.15, 0.2) is 5.78 Å². The predicted octanol–water partition coefficient (Wildman–Crippen LogP) is 8.85. The van der Waals surface area contributed by atoms with E-state index in [0.29, 0.717) is 0 Å². The third kappa shape index (κ3) is 5.39. The number of aromatic nitrogens is 1. The van der Waals surface area contributed by atoms with E-state index in [4.69, 9.17) is 4.98 Å². The Morgan fingerprint density at radius 3 is 2.37 bits per heavy atom. The molecule has 0 aliphatic rings. The number of hydrogen-bond donors (Lipinski definition) is 1. The molecule has 0 spiro atoms. The first-order valence-electron chi connectivity index (χ1n) is 12.3. The Morgan fingerprint density at radius 2 is 1.66 bits per heavy atom. The Labute approximate surface area is 246 Å². The fourth-order valence-corrected chi connectivity index (χ4v) is 7.99. The molecule has 0 bridgehead atoms. The number of rotatable bonds is 1. The predicted molar refractivity (Wildman–Crippen MR) is 160 cm³/mol. The van der Waals surface area contributed by atoms with Gasteiger partial charge in [-0.1, -0.05) is 41.5 Å². The van der Waals surface area contributed by atoms with E-state index in [9.17, 15) is 9.90 Å². The van der Waals surface area contributed by atoms with E-state index in [2.05, 4.69) is 54.6 Å². The minimum absolute atomic E-state index is 0. The maximum atomic E-state index is 11.5. The zero-order chi connectivity index (χ0) is 26.5. The molecule has 6 rings (SSSR count). The first kappa shape index (κ1) is 28.7. The number of pyridine rings is 1. The molecule has 3 aromatic heterocycles. The second kappa shape index (κ2) is 10.7. The number of nitrogens with zero attached hydrogens (tertiary/aromatic N) is 1. The fourth-order valence-electron chi connectivity index (χ4n) is 4.13. The van der Waals surface area contributed by atoms with Gasteiger partial charge >= 0.3 is 148 Å². The van der Waals surface area contributed by atoms with Crippen LogP contribution in [0.4, 0.5) is 0 Å². The molecule has 0 saturated heterocycles. The van der Waals surface area contributed by atoms with Crippen LogP contribution in [-0.4, -0.2) is 30.4 Å². The number of thiophene rings is 1. The van der Waals surface area contributed by atoms with Gasteiger partial charge in [-0.3, -0.25) is 4.79 Å². The number of benzene rings is 3. The second-order valence-electron chi connectivity index (χ2n) is 11.3. The topological polar surface area (TPSA) is 50.2 Å². The Morgan fingerprint density at radius 1 is 0.947 bits per heavy atom. The van der Waals surface area contributed by atoms with Gasteiger partial charge in [-0.25, -0.2) is 0 Å². The van der Waals surface area contributed by atoms with Crippen molar-refractivity contribution in [2.75, 3.05) is 0 Å². The summed E-state index contributed by atoms with van der Waals surface area (Å²) in [5.74, 6) is 0.104. The molecule has 0 saturated carbocycles. The van der Waals surface area contributed by atoms with Crippen molar-refractivity contribution in [2.45, 2.75) is 41.5 Å². The summed E-state index contributed by atoms with van der Waals surface area (Å²) >= 11 is 2.12. The van der Waals surface area contributed by atoms with Crippen LogP contribution in [0, 0.1) is 16.9 Å². The van der Waals surface area contributed by atoms with E-state index >= 15 is 0 Å². The molecule has 0 amide bonds. The SMILES string of the molecule is CC(C)(C)C(=O)/C=C(\O)C(C)(C)C.[Ir].[c-]1ccc2sc3cccc4[se]c5c6ccccc6cnc5c1c2c34. The summed E-state index contributed by atoms with van der Waals surface area (Å²) in [5, 5.41) is 16.1. The number of allylic oxidation sites excluding steroid dienone is 2. The quantitative estimate of drug-likeness (QED) is 0.0789. The molecule has 0 aliphatic carbocycles. The van der Waals surface area contributed by atoms with Crippen LogP contribution < -0.4 is 0 Å². The monoisotopic (exact) mass is 765 g/mol. The second-order valence-corrected chi connectivity index (χ2v) is 14.6. The van der Waals surface area contributed by atoms with E-state index in [1.54, 1.807) is 0 Å². The molecular formula is C32H30IrNO2SSe-. The zero-order valence-corrected chi connectivity index (χ0v) is 27.2. The minimum atomic E-state index is -0.417. The van der Waals surface area contributed by atoms with Crippen LogP contribution >= 0.6 is 11.3 Å². The summed E-state index contributed by atoms with van der Waals surface area (Å²) in [4.78, 5) is 16.4. The first-order valence-corrected chi connectivity index (χ1v) is 14.9. The summed E-state index contributed by atoms with van der Waals surface area (Å²) in [6.07, 6.45) is 3.34. The third-order valence-electron chi connectivity index (χ3n) is 6.39. The molecule has 197 valence electrons. The van der Waals surface area contributed by atoms with Crippen LogP contribution in [0.25, 0.3) is 50.4 Å². The normalized spacial score (nSPS) is 12.6. The molecule has 0 fully saturated rings. The molecular weight excluding hydrogens is 734 g/mol. The standard InChI is InChI=1S/C21H10NSSe.C11H20O2.Ir/c1-2-6-13-12(5-1)11-22-20-14-7-3-8-15-18(14)19-16(23-15)9-4-10-17(19)24-21(13)20;1-10(2,3)8(12)7-9(13)11(4,5)6;/h1-6,8-11H;7,12H,1-6H3;/q-1;;/b;8-7-;. The average molecular weight is 764 g/mol. The van der Waals surface area contributed by atoms with Gasteiger partial charge in [0.25, 0.3) is 0 Å².